The molecule has 0 aromatic rings. The predicted molar refractivity (Wildman–Crippen MR) is 24.8 cm³/mol. The van der Waals surface area contributed by atoms with Gasteiger partial charge in [-0.1, -0.05) is 11.6 Å². The van der Waals surface area contributed by atoms with Crippen LogP contribution in [0.3, 0.4) is 0 Å². The van der Waals surface area contributed by atoms with E-state index in [0.29, 0.717) is 0 Å². The highest BCUT2D eigenvalue weighted by Gasteiger charge is 1.91. The Labute approximate surface area is 45.9 Å². The first-order chi connectivity index (χ1) is 3.31. The van der Waals surface area contributed by atoms with E-state index in [0.717, 1.165) is 0 Å². The number of aliphatic imine (C=N–C) groups is 1. The van der Waals surface area contributed by atoms with Crippen LogP contribution in [-0.4, -0.2) is 18.9 Å². The molecule has 0 spiro atoms. The number of hydrogen-bond donors (Lipinski definition) is 0. The minimum Gasteiger partial charge on any atom is -0.346 e. The second-order valence-electron chi connectivity index (χ2n) is 0.748. The van der Waals surface area contributed by atoms with E-state index in [1.165, 1.54) is 13.2 Å². The average Bonchev–Trinajstić information content (AvgIpc) is 1.68. The second kappa shape index (κ2) is 3.81. The fraction of sp³-hybridized carbons (Fsp3) is 0.667. The summed E-state index contributed by atoms with van der Waals surface area (Å²) in [4.78, 5) is 12.3. The molecule has 3 nitrogen and oxygen atoms in total. The lowest BCUT2D eigenvalue weighted by Gasteiger charge is -1.92. The van der Waals surface area contributed by atoms with Crippen LogP contribution in [0.15, 0.2) is 4.99 Å². The fourth-order valence-electron chi connectivity index (χ4n) is 0.0941. The molecule has 0 heterocycles. The summed E-state index contributed by atoms with van der Waals surface area (Å²) in [6.07, 6.45) is 1.24. The van der Waals surface area contributed by atoms with Gasteiger partial charge in [-0.15, -0.1) is 0 Å². The van der Waals surface area contributed by atoms with E-state index < -0.39 is 5.69 Å². The third-order valence-corrected chi connectivity index (χ3v) is 0.624. The molecule has 0 aromatic carbocycles. The molecule has 0 saturated heterocycles. The zero-order chi connectivity index (χ0) is 5.70. The molecule has 0 saturated carbocycles. The van der Waals surface area contributed by atoms with Gasteiger partial charge in [0, 0.05) is 7.11 Å². The molecule has 0 aromatic heterocycles. The standard InChI is InChI=1S/C3H4ClNO2/c1-7-3(4)5-2-6/h3H,1H3. The smallest absolute Gasteiger partial charge is 0.238 e. The van der Waals surface area contributed by atoms with E-state index in [1.54, 1.807) is 0 Å². The van der Waals surface area contributed by atoms with Crippen LogP contribution in [0.1, 0.15) is 0 Å². The van der Waals surface area contributed by atoms with Gasteiger partial charge in [0.25, 0.3) is 0 Å². The van der Waals surface area contributed by atoms with Crippen LogP contribution < -0.4 is 0 Å². The highest BCUT2D eigenvalue weighted by Crippen LogP contribution is 1.93. The first kappa shape index (κ1) is 6.63. The molecule has 0 bridgehead atoms. The van der Waals surface area contributed by atoms with Gasteiger partial charge in [-0.25, -0.2) is 4.79 Å². The van der Waals surface area contributed by atoms with E-state index in [2.05, 4.69) is 9.73 Å². The SMILES string of the molecule is COC(Cl)N=C=O. The van der Waals surface area contributed by atoms with Crippen molar-refractivity contribution in [2.75, 3.05) is 7.11 Å². The van der Waals surface area contributed by atoms with Crippen molar-refractivity contribution in [3.63, 3.8) is 0 Å². The number of nitrogens with zero attached hydrogens (tertiary/aromatic N) is 1. The van der Waals surface area contributed by atoms with Crippen molar-refractivity contribution in [1.29, 1.82) is 0 Å². The van der Waals surface area contributed by atoms with E-state index in [4.69, 9.17) is 11.6 Å². The highest BCUT2D eigenvalue weighted by molar-refractivity contribution is 6.19. The lowest BCUT2D eigenvalue weighted by molar-refractivity contribution is 0.174. The Morgan fingerprint density at radius 2 is 2.57 bits per heavy atom. The molecule has 0 aliphatic carbocycles. The molecule has 1 atom stereocenters. The number of halogens is 1. The normalized spacial score (nSPS) is 12.3. The molecule has 0 N–H and O–H groups in total. The monoisotopic (exact) mass is 121 g/mol. The number of rotatable bonds is 2. The van der Waals surface area contributed by atoms with Gasteiger partial charge in [-0.2, -0.15) is 4.99 Å². The van der Waals surface area contributed by atoms with Gasteiger partial charge < -0.3 is 4.74 Å². The molecule has 0 amide bonds. The predicted octanol–water partition coefficient (Wildman–Crippen LogP) is 0.491. The Morgan fingerprint density at radius 3 is 2.71 bits per heavy atom. The van der Waals surface area contributed by atoms with Crippen LogP contribution in [0.25, 0.3) is 0 Å². The quantitative estimate of drug-likeness (QED) is 0.231. The summed E-state index contributed by atoms with van der Waals surface area (Å²) in [5.74, 6) is 0. The van der Waals surface area contributed by atoms with Crippen molar-refractivity contribution in [2.24, 2.45) is 4.99 Å². The summed E-state index contributed by atoms with van der Waals surface area (Å²) >= 11 is 5.11. The van der Waals surface area contributed by atoms with E-state index in [9.17, 15) is 4.79 Å². The molecular weight excluding hydrogens is 117 g/mol. The average molecular weight is 122 g/mol. The Balaban J connectivity index is 3.35. The van der Waals surface area contributed by atoms with Gasteiger partial charge >= 0.3 is 0 Å². The van der Waals surface area contributed by atoms with E-state index in [-0.39, 0.29) is 0 Å². The van der Waals surface area contributed by atoms with Crippen LogP contribution in [0.4, 0.5) is 0 Å². The number of carbonyl (C=O) groups excluding carboxylic acids is 1. The lowest BCUT2D eigenvalue weighted by Crippen LogP contribution is -1.93. The topological polar surface area (TPSA) is 38.7 Å². The van der Waals surface area contributed by atoms with Gasteiger partial charge in [0.15, 0.2) is 0 Å². The van der Waals surface area contributed by atoms with Gasteiger partial charge in [0.05, 0.1) is 0 Å². The molecule has 40 valence electrons. The minimum atomic E-state index is -0.877. The van der Waals surface area contributed by atoms with Crippen molar-refractivity contribution >= 4 is 17.7 Å². The van der Waals surface area contributed by atoms with Crippen molar-refractivity contribution in [1.82, 2.24) is 0 Å². The first-order valence-corrected chi connectivity index (χ1v) is 1.98. The van der Waals surface area contributed by atoms with Gasteiger partial charge in [-0.3, -0.25) is 0 Å². The first-order valence-electron chi connectivity index (χ1n) is 1.55. The molecule has 0 aliphatic heterocycles. The summed E-state index contributed by atoms with van der Waals surface area (Å²) < 4.78 is 4.33. The van der Waals surface area contributed by atoms with Crippen molar-refractivity contribution in [3.8, 4) is 0 Å². The van der Waals surface area contributed by atoms with Gasteiger partial charge in [0.1, 0.15) is 0 Å². The minimum absolute atomic E-state index is 0.877. The Bertz CT molecular complexity index is 88.9. The maximum Gasteiger partial charge on any atom is 0.238 e. The van der Waals surface area contributed by atoms with Crippen molar-refractivity contribution < 1.29 is 9.53 Å². The maximum atomic E-state index is 9.32. The highest BCUT2D eigenvalue weighted by atomic mass is 35.5. The van der Waals surface area contributed by atoms with Crippen LogP contribution >= 0.6 is 11.6 Å². The molecule has 4 heteroatoms. The lowest BCUT2D eigenvalue weighted by atomic mass is 11.2. The summed E-state index contributed by atoms with van der Waals surface area (Å²) in [7, 11) is 1.35. The van der Waals surface area contributed by atoms with Gasteiger partial charge in [0.2, 0.25) is 11.8 Å². The third-order valence-electron chi connectivity index (χ3n) is 0.349. The number of methoxy groups -OCH3 is 1. The molecule has 0 rings (SSSR count). The molecular formula is C3H4ClNO2. The Kier molecular flexibility index (Phi) is 3.61. The molecule has 0 radical (unpaired) electrons. The molecule has 0 aliphatic rings. The maximum absolute atomic E-state index is 9.32. The van der Waals surface area contributed by atoms with Crippen LogP contribution in [0, 0.1) is 0 Å². The molecule has 0 fully saturated rings. The number of hydrogen-bond acceptors (Lipinski definition) is 3. The van der Waals surface area contributed by atoms with Crippen LogP contribution in [-0.2, 0) is 9.53 Å². The summed E-state index contributed by atoms with van der Waals surface area (Å²) in [5, 5.41) is 0. The number of alkyl halides is 1. The van der Waals surface area contributed by atoms with E-state index in [1.807, 2.05) is 0 Å². The second-order valence-corrected chi connectivity index (χ2v) is 1.12. The van der Waals surface area contributed by atoms with Crippen LogP contribution in [0.2, 0.25) is 0 Å². The van der Waals surface area contributed by atoms with Crippen molar-refractivity contribution in [3.05, 3.63) is 0 Å². The van der Waals surface area contributed by atoms with Crippen LogP contribution in [0.5, 0.6) is 0 Å². The Morgan fingerprint density at radius 1 is 2.00 bits per heavy atom. The third kappa shape index (κ3) is 3.46. The summed E-state index contributed by atoms with van der Waals surface area (Å²) in [6.45, 7) is 0. The molecule has 7 heavy (non-hydrogen) atoms. The largest absolute Gasteiger partial charge is 0.346 e. The number of isocyanates is 1. The zero-order valence-corrected chi connectivity index (χ0v) is 4.47. The fourth-order valence-corrected chi connectivity index (χ4v) is 0.134. The number of ether oxygens (including phenoxy) is 1. The summed E-state index contributed by atoms with van der Waals surface area (Å²) in [6, 6.07) is 0. The van der Waals surface area contributed by atoms with Crippen molar-refractivity contribution in [2.45, 2.75) is 5.69 Å². The zero-order valence-electron chi connectivity index (χ0n) is 3.72. The van der Waals surface area contributed by atoms with E-state index >= 15 is 0 Å². The van der Waals surface area contributed by atoms with Gasteiger partial charge in [-0.05, 0) is 0 Å². The Hall–Kier alpha value is -0.370. The summed E-state index contributed by atoms with van der Waals surface area (Å²) in [5.41, 5.74) is -0.877. The molecule has 1 unspecified atom stereocenters.